The number of aliphatic hydroxyl groups is 1. The van der Waals surface area contributed by atoms with Crippen LogP contribution in [0.2, 0.25) is 0 Å². The lowest BCUT2D eigenvalue weighted by Gasteiger charge is -2.35. The van der Waals surface area contributed by atoms with Crippen molar-refractivity contribution in [3.63, 3.8) is 0 Å². The lowest BCUT2D eigenvalue weighted by molar-refractivity contribution is -0.207. The van der Waals surface area contributed by atoms with Crippen molar-refractivity contribution < 1.29 is 27.4 Å². The van der Waals surface area contributed by atoms with Crippen LogP contribution in [0.15, 0.2) is 67.4 Å². The fraction of sp³-hybridized carbons (Fsp3) is 0.190. The Labute approximate surface area is 184 Å². The molecule has 0 saturated heterocycles. The maximum absolute atomic E-state index is 15.6. The first-order chi connectivity index (χ1) is 15.8. The summed E-state index contributed by atoms with van der Waals surface area (Å²) >= 11 is 0. The molecule has 1 atom stereocenters. The van der Waals surface area contributed by atoms with Gasteiger partial charge in [0.05, 0.1) is 12.7 Å². The summed E-state index contributed by atoms with van der Waals surface area (Å²) in [6.07, 6.45) is 5.20. The lowest BCUT2D eigenvalue weighted by atomic mass is 9.84. The third-order valence-corrected chi connectivity index (χ3v) is 4.89. The number of benzene rings is 1. The van der Waals surface area contributed by atoms with Crippen LogP contribution in [0.5, 0.6) is 5.75 Å². The van der Waals surface area contributed by atoms with E-state index in [2.05, 4.69) is 25.5 Å². The van der Waals surface area contributed by atoms with Crippen molar-refractivity contribution in [2.45, 2.75) is 24.7 Å². The van der Waals surface area contributed by atoms with E-state index in [9.17, 15) is 13.9 Å². The smallest absolute Gasteiger partial charge is 0.323 e. The summed E-state index contributed by atoms with van der Waals surface area (Å²) in [5, 5.41) is 21.3. The highest BCUT2D eigenvalue weighted by Gasteiger charge is 2.58. The summed E-state index contributed by atoms with van der Waals surface area (Å²) in [5.74, 6) is -6.29. The quantitative estimate of drug-likeness (QED) is 0.404. The van der Waals surface area contributed by atoms with E-state index >= 15 is 8.78 Å². The summed E-state index contributed by atoms with van der Waals surface area (Å²) < 4.78 is 65.5. The molecule has 8 nitrogen and oxygen atoms in total. The Hall–Kier alpha value is -3.93. The zero-order chi connectivity index (χ0) is 23.5. The van der Waals surface area contributed by atoms with E-state index in [0.29, 0.717) is 6.07 Å². The van der Waals surface area contributed by atoms with Crippen molar-refractivity contribution in [3.05, 3.63) is 95.8 Å². The zero-order valence-corrected chi connectivity index (χ0v) is 16.8. The van der Waals surface area contributed by atoms with Crippen molar-refractivity contribution >= 4 is 0 Å². The van der Waals surface area contributed by atoms with Gasteiger partial charge in [-0.3, -0.25) is 9.97 Å². The highest BCUT2D eigenvalue weighted by Crippen LogP contribution is 2.46. The van der Waals surface area contributed by atoms with E-state index in [1.807, 2.05) is 0 Å². The molecule has 170 valence electrons. The molecule has 0 fully saturated rings. The Morgan fingerprint density at radius 2 is 1.82 bits per heavy atom. The minimum Gasteiger partial charge on any atom is -0.487 e. The average Bonchev–Trinajstić information content (AvgIpc) is 3.31. The molecule has 1 unspecified atom stereocenters. The molecular weight excluding hydrogens is 444 g/mol. The standard InChI is InChI=1S/C21H16F4N6O2/c22-15-1-3-17(18(23)9-15)20(32,12-31-13-28-29-30-31)21(24,25)19-4-2-16(10-27-19)33-11-14-5-7-26-8-6-14/h1-10,13,32H,11-12H2. The number of tetrazole rings is 1. The van der Waals surface area contributed by atoms with Crippen molar-refractivity contribution in [2.75, 3.05) is 0 Å². The average molecular weight is 460 g/mol. The van der Waals surface area contributed by atoms with Gasteiger partial charge in [0.25, 0.3) is 0 Å². The first-order valence-corrected chi connectivity index (χ1v) is 9.54. The van der Waals surface area contributed by atoms with Crippen LogP contribution in [0.4, 0.5) is 17.6 Å². The van der Waals surface area contributed by atoms with Crippen LogP contribution in [-0.4, -0.2) is 35.3 Å². The predicted molar refractivity (Wildman–Crippen MR) is 105 cm³/mol. The third-order valence-electron chi connectivity index (χ3n) is 4.89. The largest absolute Gasteiger partial charge is 0.487 e. The summed E-state index contributed by atoms with van der Waals surface area (Å²) in [5.41, 5.74) is -4.10. The van der Waals surface area contributed by atoms with Crippen LogP contribution < -0.4 is 4.74 Å². The van der Waals surface area contributed by atoms with E-state index in [1.54, 1.807) is 24.5 Å². The van der Waals surface area contributed by atoms with Crippen molar-refractivity contribution in [2.24, 2.45) is 0 Å². The van der Waals surface area contributed by atoms with E-state index in [1.165, 1.54) is 6.07 Å². The summed E-state index contributed by atoms with van der Waals surface area (Å²) in [6, 6.07) is 7.57. The molecule has 0 radical (unpaired) electrons. The predicted octanol–water partition coefficient (Wildman–Crippen LogP) is 3.00. The number of hydrogen-bond acceptors (Lipinski definition) is 7. The molecular formula is C21H16F4N6O2. The molecule has 4 rings (SSSR count). The van der Waals surface area contributed by atoms with Gasteiger partial charge in [0.1, 0.15) is 36.0 Å². The van der Waals surface area contributed by atoms with Crippen LogP contribution in [0, 0.1) is 11.6 Å². The SMILES string of the molecule is OC(Cn1cnnn1)(c1ccc(F)cc1F)C(F)(F)c1ccc(OCc2ccncc2)cn1. The van der Waals surface area contributed by atoms with Gasteiger partial charge in [-0.2, -0.15) is 8.78 Å². The monoisotopic (exact) mass is 460 g/mol. The van der Waals surface area contributed by atoms with Gasteiger partial charge in [0, 0.05) is 24.0 Å². The van der Waals surface area contributed by atoms with Gasteiger partial charge in [0.2, 0.25) is 0 Å². The molecule has 0 amide bonds. The minimum atomic E-state index is -4.14. The fourth-order valence-electron chi connectivity index (χ4n) is 3.17. The van der Waals surface area contributed by atoms with Crippen molar-refractivity contribution in [1.29, 1.82) is 0 Å². The molecule has 1 N–H and O–H groups in total. The van der Waals surface area contributed by atoms with Gasteiger partial charge in [-0.25, -0.2) is 13.5 Å². The van der Waals surface area contributed by atoms with E-state index in [-0.39, 0.29) is 12.4 Å². The Kier molecular flexibility index (Phi) is 6.01. The van der Waals surface area contributed by atoms with Crippen LogP contribution in [0.25, 0.3) is 0 Å². The Morgan fingerprint density at radius 1 is 1.03 bits per heavy atom. The highest BCUT2D eigenvalue weighted by atomic mass is 19.3. The number of ether oxygens (including phenoxy) is 1. The Balaban J connectivity index is 1.65. The van der Waals surface area contributed by atoms with Crippen LogP contribution in [0.1, 0.15) is 16.8 Å². The van der Waals surface area contributed by atoms with Gasteiger partial charge >= 0.3 is 5.92 Å². The van der Waals surface area contributed by atoms with Gasteiger partial charge in [-0.05, 0) is 52.4 Å². The van der Waals surface area contributed by atoms with Crippen LogP contribution >= 0.6 is 0 Å². The first-order valence-electron chi connectivity index (χ1n) is 9.54. The number of rotatable bonds is 8. The number of nitrogens with zero attached hydrogens (tertiary/aromatic N) is 6. The second kappa shape index (κ2) is 8.90. The second-order valence-electron chi connectivity index (χ2n) is 7.09. The van der Waals surface area contributed by atoms with Gasteiger partial charge in [0.15, 0.2) is 5.60 Å². The van der Waals surface area contributed by atoms with Crippen LogP contribution in [-0.2, 0) is 24.7 Å². The summed E-state index contributed by atoms with van der Waals surface area (Å²) in [6.45, 7) is -0.776. The number of halogens is 4. The first kappa shape index (κ1) is 22.3. The van der Waals surface area contributed by atoms with Gasteiger partial charge < -0.3 is 9.84 Å². The zero-order valence-electron chi connectivity index (χ0n) is 16.8. The van der Waals surface area contributed by atoms with Gasteiger partial charge in [-0.1, -0.05) is 0 Å². The van der Waals surface area contributed by atoms with Gasteiger partial charge in [-0.15, -0.1) is 5.10 Å². The molecule has 12 heteroatoms. The fourth-order valence-corrected chi connectivity index (χ4v) is 3.17. The topological polar surface area (TPSA) is 98.8 Å². The van der Waals surface area contributed by atoms with E-state index in [4.69, 9.17) is 4.74 Å². The number of hydrogen-bond donors (Lipinski definition) is 1. The number of aromatic nitrogens is 6. The lowest BCUT2D eigenvalue weighted by Crippen LogP contribution is -2.48. The molecule has 4 aromatic rings. The van der Waals surface area contributed by atoms with Crippen molar-refractivity contribution in [3.8, 4) is 5.75 Å². The normalized spacial score (nSPS) is 13.5. The molecule has 3 aromatic heterocycles. The third kappa shape index (κ3) is 4.51. The number of alkyl halides is 2. The maximum Gasteiger partial charge on any atom is 0.323 e. The molecule has 0 aliphatic heterocycles. The molecule has 0 saturated carbocycles. The summed E-state index contributed by atoms with van der Waals surface area (Å²) in [4.78, 5) is 7.61. The second-order valence-corrected chi connectivity index (χ2v) is 7.09. The minimum absolute atomic E-state index is 0.157. The number of pyridine rings is 2. The molecule has 3 heterocycles. The molecule has 0 spiro atoms. The Bertz CT molecular complexity index is 1210. The van der Waals surface area contributed by atoms with Crippen LogP contribution in [0.3, 0.4) is 0 Å². The van der Waals surface area contributed by atoms with E-state index < -0.39 is 41.0 Å². The molecule has 0 aliphatic carbocycles. The summed E-state index contributed by atoms with van der Waals surface area (Å²) in [7, 11) is 0. The highest BCUT2D eigenvalue weighted by molar-refractivity contribution is 5.32. The maximum atomic E-state index is 15.6. The molecule has 0 aliphatic rings. The molecule has 1 aromatic carbocycles. The van der Waals surface area contributed by atoms with Crippen molar-refractivity contribution in [1.82, 2.24) is 30.2 Å². The van der Waals surface area contributed by atoms with E-state index in [0.717, 1.165) is 41.0 Å². The Morgan fingerprint density at radius 3 is 2.45 bits per heavy atom. The molecule has 33 heavy (non-hydrogen) atoms. The molecule has 0 bridgehead atoms.